The maximum Gasteiger partial charge on any atom is 0.120 e. The molecule has 0 aliphatic carbocycles. The molecular weight excluding hydrogens is 286 g/mol. The first-order valence-corrected chi connectivity index (χ1v) is 8.24. The number of aromatic nitrogens is 1. The molecule has 2 heterocycles. The second kappa shape index (κ2) is 7.11. The van der Waals surface area contributed by atoms with Gasteiger partial charge in [-0.05, 0) is 48.7 Å². The highest BCUT2D eigenvalue weighted by Crippen LogP contribution is 2.23. The lowest BCUT2D eigenvalue weighted by Crippen LogP contribution is -2.45. The summed E-state index contributed by atoms with van der Waals surface area (Å²) < 4.78 is 0. The summed E-state index contributed by atoms with van der Waals surface area (Å²) in [6, 6.07) is 8.16. The van der Waals surface area contributed by atoms with Crippen LogP contribution in [0.25, 0.3) is 0 Å². The molecule has 3 rings (SSSR count). The van der Waals surface area contributed by atoms with Gasteiger partial charge in [0.2, 0.25) is 0 Å². The van der Waals surface area contributed by atoms with Crippen LogP contribution in [0.3, 0.4) is 0 Å². The van der Waals surface area contributed by atoms with Gasteiger partial charge in [-0.3, -0.25) is 14.8 Å². The second-order valence-electron chi connectivity index (χ2n) is 6.47. The average molecular weight is 311 g/mol. The number of piperazine rings is 1. The van der Waals surface area contributed by atoms with Gasteiger partial charge in [0.15, 0.2) is 0 Å². The van der Waals surface area contributed by atoms with E-state index in [9.17, 15) is 5.11 Å². The molecule has 1 aromatic heterocycles. The van der Waals surface area contributed by atoms with E-state index in [1.807, 2.05) is 25.4 Å². The highest BCUT2D eigenvalue weighted by molar-refractivity contribution is 5.40. The zero-order chi connectivity index (χ0) is 16.2. The Kier molecular flexibility index (Phi) is 4.94. The number of hydrogen-bond acceptors (Lipinski definition) is 4. The Morgan fingerprint density at radius 1 is 0.913 bits per heavy atom. The normalized spacial score (nSPS) is 16.6. The largest absolute Gasteiger partial charge is 0.508 e. The zero-order valence-corrected chi connectivity index (χ0v) is 14.0. The first kappa shape index (κ1) is 16.0. The molecule has 0 saturated carbocycles. The second-order valence-corrected chi connectivity index (χ2v) is 6.47. The zero-order valence-electron chi connectivity index (χ0n) is 14.0. The monoisotopic (exact) mass is 311 g/mol. The summed E-state index contributed by atoms with van der Waals surface area (Å²) in [7, 11) is 0. The number of benzene rings is 1. The van der Waals surface area contributed by atoms with Crippen molar-refractivity contribution in [2.75, 3.05) is 26.2 Å². The molecule has 4 heteroatoms. The van der Waals surface area contributed by atoms with E-state index in [4.69, 9.17) is 0 Å². The number of aryl methyl sites for hydroxylation is 2. The van der Waals surface area contributed by atoms with Crippen molar-refractivity contribution in [3.63, 3.8) is 0 Å². The molecule has 0 atom stereocenters. The Bertz CT molecular complexity index is 649. The number of pyridine rings is 1. The standard InChI is InChI=1S/C19H25N3O/c1-15-11-18(19(23)12-16(15)2)14-22-9-7-21(8-10-22)13-17-3-5-20-6-4-17/h3-6,11-12,23H,7-10,13-14H2,1-2H3. The number of aromatic hydroxyl groups is 1. The van der Waals surface area contributed by atoms with E-state index in [1.165, 1.54) is 11.1 Å². The summed E-state index contributed by atoms with van der Waals surface area (Å²) in [6.45, 7) is 10.2. The van der Waals surface area contributed by atoms with E-state index in [2.05, 4.69) is 39.9 Å². The van der Waals surface area contributed by atoms with Crippen molar-refractivity contribution in [2.45, 2.75) is 26.9 Å². The van der Waals surface area contributed by atoms with Gasteiger partial charge < -0.3 is 5.11 Å². The number of hydrogen-bond donors (Lipinski definition) is 1. The van der Waals surface area contributed by atoms with Crippen molar-refractivity contribution < 1.29 is 5.11 Å². The number of phenolic OH excluding ortho intramolecular Hbond substituents is 1. The third-order valence-corrected chi connectivity index (χ3v) is 4.71. The fourth-order valence-corrected chi connectivity index (χ4v) is 3.08. The molecule has 1 fully saturated rings. The third-order valence-electron chi connectivity index (χ3n) is 4.71. The molecule has 1 aliphatic heterocycles. The minimum Gasteiger partial charge on any atom is -0.508 e. The van der Waals surface area contributed by atoms with E-state index in [0.717, 1.165) is 50.4 Å². The lowest BCUT2D eigenvalue weighted by atomic mass is 10.0. The van der Waals surface area contributed by atoms with Crippen LogP contribution in [0.1, 0.15) is 22.3 Å². The minimum atomic E-state index is 0.423. The molecule has 0 spiro atoms. The van der Waals surface area contributed by atoms with Crippen molar-refractivity contribution in [3.05, 3.63) is 58.9 Å². The third kappa shape index (κ3) is 4.09. The Hall–Kier alpha value is -1.91. The van der Waals surface area contributed by atoms with Crippen LogP contribution in [0, 0.1) is 13.8 Å². The molecule has 0 radical (unpaired) electrons. The van der Waals surface area contributed by atoms with Gasteiger partial charge in [-0.15, -0.1) is 0 Å². The molecule has 0 unspecified atom stereocenters. The number of nitrogens with zero attached hydrogens (tertiary/aromatic N) is 3. The summed E-state index contributed by atoms with van der Waals surface area (Å²) in [4.78, 5) is 8.97. The van der Waals surface area contributed by atoms with Crippen LogP contribution in [-0.2, 0) is 13.1 Å². The SMILES string of the molecule is Cc1cc(O)c(CN2CCN(Cc3ccncc3)CC2)cc1C. The first-order chi connectivity index (χ1) is 11.1. The molecule has 1 aromatic carbocycles. The molecule has 122 valence electrons. The Labute approximate surface area is 138 Å². The summed E-state index contributed by atoms with van der Waals surface area (Å²) >= 11 is 0. The lowest BCUT2D eigenvalue weighted by molar-refractivity contribution is 0.121. The van der Waals surface area contributed by atoms with Gasteiger partial charge in [0, 0.05) is 57.2 Å². The van der Waals surface area contributed by atoms with Crippen LogP contribution in [0.2, 0.25) is 0 Å². The van der Waals surface area contributed by atoms with Gasteiger partial charge in [0.1, 0.15) is 5.75 Å². The molecule has 1 saturated heterocycles. The Morgan fingerprint density at radius 3 is 2.13 bits per heavy atom. The molecule has 23 heavy (non-hydrogen) atoms. The molecule has 0 bridgehead atoms. The van der Waals surface area contributed by atoms with Gasteiger partial charge in [0.25, 0.3) is 0 Å². The van der Waals surface area contributed by atoms with Crippen LogP contribution in [0.5, 0.6) is 5.75 Å². The maximum atomic E-state index is 10.2. The van der Waals surface area contributed by atoms with Gasteiger partial charge in [0.05, 0.1) is 0 Å². The van der Waals surface area contributed by atoms with E-state index in [0.29, 0.717) is 5.75 Å². The molecule has 1 aliphatic rings. The minimum absolute atomic E-state index is 0.423. The van der Waals surface area contributed by atoms with Crippen molar-refractivity contribution in [2.24, 2.45) is 0 Å². The van der Waals surface area contributed by atoms with Crippen molar-refractivity contribution in [1.29, 1.82) is 0 Å². The van der Waals surface area contributed by atoms with Crippen LogP contribution < -0.4 is 0 Å². The van der Waals surface area contributed by atoms with Crippen LogP contribution >= 0.6 is 0 Å². The van der Waals surface area contributed by atoms with Crippen molar-refractivity contribution in [3.8, 4) is 5.75 Å². The summed E-state index contributed by atoms with van der Waals surface area (Å²) in [6.07, 6.45) is 3.71. The summed E-state index contributed by atoms with van der Waals surface area (Å²) in [5, 5.41) is 10.2. The molecule has 2 aromatic rings. The fourth-order valence-electron chi connectivity index (χ4n) is 3.08. The predicted octanol–water partition coefficient (Wildman–Crippen LogP) is 2.72. The van der Waals surface area contributed by atoms with Gasteiger partial charge in [-0.1, -0.05) is 6.07 Å². The van der Waals surface area contributed by atoms with Crippen LogP contribution in [0.4, 0.5) is 0 Å². The van der Waals surface area contributed by atoms with Crippen molar-refractivity contribution in [1.82, 2.24) is 14.8 Å². The average Bonchev–Trinajstić information content (AvgIpc) is 2.55. The highest BCUT2D eigenvalue weighted by atomic mass is 16.3. The quantitative estimate of drug-likeness (QED) is 0.942. The molecule has 0 amide bonds. The first-order valence-electron chi connectivity index (χ1n) is 8.24. The van der Waals surface area contributed by atoms with Gasteiger partial charge in [-0.25, -0.2) is 0 Å². The van der Waals surface area contributed by atoms with Crippen LogP contribution in [-0.4, -0.2) is 46.1 Å². The molecule has 1 N–H and O–H groups in total. The lowest BCUT2D eigenvalue weighted by Gasteiger charge is -2.34. The van der Waals surface area contributed by atoms with E-state index in [1.54, 1.807) is 0 Å². The smallest absolute Gasteiger partial charge is 0.120 e. The summed E-state index contributed by atoms with van der Waals surface area (Å²) in [5.41, 5.74) is 4.75. The molecular formula is C19H25N3O. The van der Waals surface area contributed by atoms with Crippen LogP contribution in [0.15, 0.2) is 36.7 Å². The fraction of sp³-hybridized carbons (Fsp3) is 0.421. The van der Waals surface area contributed by atoms with Gasteiger partial charge >= 0.3 is 0 Å². The Balaban J connectivity index is 1.54. The topological polar surface area (TPSA) is 39.6 Å². The predicted molar refractivity (Wildman–Crippen MR) is 92.4 cm³/mol. The van der Waals surface area contributed by atoms with E-state index >= 15 is 0 Å². The van der Waals surface area contributed by atoms with Gasteiger partial charge in [-0.2, -0.15) is 0 Å². The van der Waals surface area contributed by atoms with E-state index in [-0.39, 0.29) is 0 Å². The maximum absolute atomic E-state index is 10.2. The molecule has 4 nitrogen and oxygen atoms in total. The van der Waals surface area contributed by atoms with Crippen molar-refractivity contribution >= 4 is 0 Å². The number of rotatable bonds is 4. The number of phenols is 1. The summed E-state index contributed by atoms with van der Waals surface area (Å²) in [5.74, 6) is 0.423. The van der Waals surface area contributed by atoms with E-state index < -0.39 is 0 Å². The highest BCUT2D eigenvalue weighted by Gasteiger charge is 2.18. The Morgan fingerprint density at radius 2 is 1.48 bits per heavy atom.